The minimum Gasteiger partial charge on any atom is -0.508 e. The molecule has 8 unspecified atom stereocenters. The number of carbonyl (C=O) groups excluding carboxylic acids is 6. The number of cyclic esters (lactones) is 1. The number of amides is 4. The van der Waals surface area contributed by atoms with Crippen LogP contribution < -0.4 is 21.4 Å². The van der Waals surface area contributed by atoms with E-state index in [-0.39, 0.29) is 55.7 Å². The number of hydrogen-bond donors (Lipinski definition) is 7. The number of phenols is 1. The first-order valence-electron chi connectivity index (χ1n) is 22.0. The van der Waals surface area contributed by atoms with Gasteiger partial charge in [-0.1, -0.05) is 88.6 Å². The standard InChI is InChI=1S/C47H67N5O10/c1-29(2)42-45(59)49-38(28-33-16-13-19-35(54)27-33)46(60)52-26-14-20-37(51-52)47(61)62-40(30(3)15-12-23-41(56)48-34-17-8-6-9-18-34)22-11-7-10-21-39(55)32(5)43(57)36(44(58)50-42)25-24-31(4)53/h7,10-13,15-16,19,21,23,27,29,32,34,36-40,42-43,51,54-55,57H,6,8-9,14,17-18,20,22,24-26,28H2,1-5H3,(H,48,56)(H,49,59)(H,50,58). The van der Waals surface area contributed by atoms with Crippen LogP contribution in [0.25, 0.3) is 0 Å². The molecule has 15 heteroatoms. The Hall–Kier alpha value is -5.12. The zero-order valence-electron chi connectivity index (χ0n) is 36.8. The lowest BCUT2D eigenvalue weighted by molar-refractivity contribution is -0.156. The van der Waals surface area contributed by atoms with E-state index in [9.17, 15) is 44.1 Å². The summed E-state index contributed by atoms with van der Waals surface area (Å²) in [6.45, 7) is 8.37. The summed E-state index contributed by atoms with van der Waals surface area (Å²) in [6.07, 6.45) is 14.0. The number of benzene rings is 1. The minimum absolute atomic E-state index is 0.0253. The predicted octanol–water partition coefficient (Wildman–Crippen LogP) is 3.78. The molecule has 2 aliphatic heterocycles. The highest BCUT2D eigenvalue weighted by molar-refractivity contribution is 5.93. The maximum Gasteiger partial charge on any atom is 0.325 e. The smallest absolute Gasteiger partial charge is 0.325 e. The molecule has 1 aliphatic carbocycles. The van der Waals surface area contributed by atoms with Crippen molar-refractivity contribution in [2.45, 2.75) is 148 Å². The van der Waals surface area contributed by atoms with Gasteiger partial charge in [0.25, 0.3) is 5.91 Å². The van der Waals surface area contributed by atoms with Crippen molar-refractivity contribution in [1.82, 2.24) is 26.4 Å². The van der Waals surface area contributed by atoms with Crippen LogP contribution in [0.1, 0.15) is 104 Å². The molecule has 3 aliphatic rings. The summed E-state index contributed by atoms with van der Waals surface area (Å²) in [5, 5.41) is 42.7. The van der Waals surface area contributed by atoms with E-state index in [4.69, 9.17) is 4.74 Å². The molecule has 2 fully saturated rings. The maximum atomic E-state index is 14.4. The Morgan fingerprint density at radius 3 is 2.42 bits per heavy atom. The summed E-state index contributed by atoms with van der Waals surface area (Å²) in [5.74, 6) is -5.54. The monoisotopic (exact) mass is 861 g/mol. The molecule has 4 amide bonds. The number of Topliss-reactive ketones (excluding diaryl/α,β-unsaturated/α-hetero) is 1. The van der Waals surface area contributed by atoms with Crippen molar-refractivity contribution in [1.29, 1.82) is 0 Å². The Morgan fingerprint density at radius 1 is 0.984 bits per heavy atom. The van der Waals surface area contributed by atoms with Crippen molar-refractivity contribution in [3.8, 4) is 5.75 Å². The average molecular weight is 862 g/mol. The van der Waals surface area contributed by atoms with E-state index in [1.54, 1.807) is 70.2 Å². The van der Waals surface area contributed by atoms with Gasteiger partial charge in [-0.2, -0.15) is 0 Å². The van der Waals surface area contributed by atoms with Crippen molar-refractivity contribution < 1.29 is 48.8 Å². The molecule has 0 aromatic heterocycles. The molecule has 1 saturated heterocycles. The van der Waals surface area contributed by atoms with Crippen LogP contribution in [0.3, 0.4) is 0 Å². The molecule has 4 rings (SSSR count). The zero-order chi connectivity index (χ0) is 45.3. The van der Waals surface area contributed by atoms with E-state index < -0.39 is 77.9 Å². The van der Waals surface area contributed by atoms with Crippen molar-refractivity contribution in [2.75, 3.05) is 6.54 Å². The number of carbonyl (C=O) groups is 6. The number of aliphatic hydroxyl groups is 2. The highest BCUT2D eigenvalue weighted by Crippen LogP contribution is 2.24. The van der Waals surface area contributed by atoms with Gasteiger partial charge in [0.2, 0.25) is 17.7 Å². The molecule has 2 bridgehead atoms. The fourth-order valence-electron chi connectivity index (χ4n) is 7.94. The van der Waals surface area contributed by atoms with E-state index in [1.807, 2.05) is 0 Å². The fourth-order valence-corrected chi connectivity index (χ4v) is 7.94. The van der Waals surface area contributed by atoms with Crippen molar-refractivity contribution >= 4 is 35.4 Å². The largest absolute Gasteiger partial charge is 0.508 e. The molecule has 2 heterocycles. The number of allylic oxidation sites excluding steroid dienone is 4. The number of aliphatic hydroxyl groups excluding tert-OH is 2. The number of nitrogens with one attached hydrogen (secondary N) is 4. The summed E-state index contributed by atoms with van der Waals surface area (Å²) in [4.78, 5) is 81.0. The fraction of sp³-hybridized carbons (Fsp3) is 0.574. The van der Waals surface area contributed by atoms with Crippen molar-refractivity contribution in [2.24, 2.45) is 17.8 Å². The van der Waals surface area contributed by atoms with Crippen LogP contribution in [0.5, 0.6) is 5.75 Å². The van der Waals surface area contributed by atoms with E-state index in [0.717, 1.165) is 25.7 Å². The summed E-state index contributed by atoms with van der Waals surface area (Å²) in [7, 11) is 0. The van der Waals surface area contributed by atoms with E-state index in [0.29, 0.717) is 24.0 Å². The lowest BCUT2D eigenvalue weighted by Crippen LogP contribution is -2.62. The highest BCUT2D eigenvalue weighted by atomic mass is 16.5. The van der Waals surface area contributed by atoms with Gasteiger partial charge in [-0.3, -0.25) is 29.0 Å². The predicted molar refractivity (Wildman–Crippen MR) is 234 cm³/mol. The molecule has 0 spiro atoms. The van der Waals surface area contributed by atoms with Crippen molar-refractivity contribution in [3.63, 3.8) is 0 Å². The number of hydrazine groups is 1. The first-order chi connectivity index (χ1) is 29.5. The summed E-state index contributed by atoms with van der Waals surface area (Å²) in [6, 6.07) is 3.10. The Kier molecular flexibility index (Phi) is 19.6. The minimum atomic E-state index is -1.42. The first kappa shape index (κ1) is 49.5. The van der Waals surface area contributed by atoms with Crippen LogP contribution in [0, 0.1) is 17.8 Å². The maximum absolute atomic E-state index is 14.4. The van der Waals surface area contributed by atoms with Crippen LogP contribution in [-0.4, -0.2) is 105 Å². The van der Waals surface area contributed by atoms with Gasteiger partial charge in [0.15, 0.2) is 0 Å². The first-order valence-corrected chi connectivity index (χ1v) is 22.0. The van der Waals surface area contributed by atoms with Crippen molar-refractivity contribution in [3.05, 3.63) is 77.9 Å². The van der Waals surface area contributed by atoms with Gasteiger partial charge in [-0.25, -0.2) is 5.43 Å². The number of ether oxygens (including phenoxy) is 1. The van der Waals surface area contributed by atoms with Gasteiger partial charge in [-0.15, -0.1) is 0 Å². The Bertz CT molecular complexity index is 1840. The van der Waals surface area contributed by atoms with Crippen LogP contribution in [-0.2, 0) is 39.9 Å². The average Bonchev–Trinajstić information content (AvgIpc) is 3.23. The number of nitrogens with zero attached hydrogens (tertiary/aromatic N) is 1. The Balaban J connectivity index is 1.68. The number of hydrogen-bond acceptors (Lipinski definition) is 11. The van der Waals surface area contributed by atoms with E-state index in [2.05, 4.69) is 21.4 Å². The normalized spacial score (nSPS) is 28.1. The third kappa shape index (κ3) is 15.3. The molecule has 1 aromatic rings. The summed E-state index contributed by atoms with van der Waals surface area (Å²) < 4.78 is 6.07. The van der Waals surface area contributed by atoms with Crippen LogP contribution >= 0.6 is 0 Å². The van der Waals surface area contributed by atoms with E-state index >= 15 is 0 Å². The number of esters is 1. The van der Waals surface area contributed by atoms with Gasteiger partial charge in [0.1, 0.15) is 35.8 Å². The molecule has 0 radical (unpaired) electrons. The molecule has 62 heavy (non-hydrogen) atoms. The summed E-state index contributed by atoms with van der Waals surface area (Å²) in [5.41, 5.74) is 4.20. The number of fused-ring (bicyclic) bond motifs is 2. The lowest BCUT2D eigenvalue weighted by Gasteiger charge is -2.36. The van der Waals surface area contributed by atoms with Gasteiger partial charge in [0, 0.05) is 43.8 Å². The molecular weight excluding hydrogens is 795 g/mol. The Morgan fingerprint density at radius 2 is 1.73 bits per heavy atom. The molecule has 15 nitrogen and oxygen atoms in total. The number of ketones is 1. The molecule has 7 N–H and O–H groups in total. The second-order valence-corrected chi connectivity index (χ2v) is 17.3. The molecule has 1 saturated carbocycles. The zero-order valence-corrected chi connectivity index (χ0v) is 36.8. The molecule has 1 aromatic carbocycles. The van der Waals surface area contributed by atoms with Crippen LogP contribution in [0.4, 0.5) is 0 Å². The molecular formula is C47H67N5O10. The number of rotatable bonds is 10. The number of aromatic hydroxyl groups is 1. The summed E-state index contributed by atoms with van der Waals surface area (Å²) >= 11 is 0. The third-order valence-corrected chi connectivity index (χ3v) is 11.8. The highest BCUT2D eigenvalue weighted by Gasteiger charge is 2.38. The molecule has 8 atom stereocenters. The second-order valence-electron chi connectivity index (χ2n) is 17.3. The lowest BCUT2D eigenvalue weighted by atomic mass is 9.84. The van der Waals surface area contributed by atoms with Crippen LogP contribution in [0.2, 0.25) is 0 Å². The van der Waals surface area contributed by atoms with Gasteiger partial charge in [-0.05, 0) is 75.1 Å². The van der Waals surface area contributed by atoms with Gasteiger partial charge >= 0.3 is 5.97 Å². The quantitative estimate of drug-likeness (QED) is 0.102. The Labute approximate surface area is 365 Å². The van der Waals surface area contributed by atoms with Gasteiger partial charge in [0.05, 0.1) is 18.1 Å². The number of phenolic OH excluding ortho intramolecular Hbond substituents is 1. The van der Waals surface area contributed by atoms with E-state index in [1.165, 1.54) is 42.6 Å². The third-order valence-electron chi connectivity index (χ3n) is 11.8. The topological polar surface area (TPSA) is 224 Å². The van der Waals surface area contributed by atoms with Gasteiger partial charge < -0.3 is 40.8 Å². The second kappa shape index (κ2) is 24.5. The molecule has 340 valence electrons. The van der Waals surface area contributed by atoms with Crippen LogP contribution in [0.15, 0.2) is 72.4 Å². The SMILES string of the molecule is CC(=O)CCC1C(=O)NC(C(C)C)C(=O)NC(Cc2cccc(O)c2)C(=O)N2CCCC(N2)C(=O)OC(C(C)=CC=CC(=O)NC2CCCCC2)CC=CC=CC(O)C(C)C1O.